The summed E-state index contributed by atoms with van der Waals surface area (Å²) < 4.78 is 6.66. The topological polar surface area (TPSA) is 46.5 Å². The second-order valence-corrected chi connectivity index (χ2v) is 5.85. The number of benzene rings is 2. The van der Waals surface area contributed by atoms with E-state index in [-0.39, 0.29) is 5.56 Å². The number of rotatable bonds is 6. The van der Waals surface area contributed by atoms with Gasteiger partial charge in [-0.2, -0.15) is 12.6 Å². The van der Waals surface area contributed by atoms with Gasteiger partial charge in [-0.1, -0.05) is 40.2 Å². The van der Waals surface area contributed by atoms with Gasteiger partial charge in [0.1, 0.15) is 17.9 Å². The number of halogens is 1. The number of ether oxygens (including phenoxy) is 1. The summed E-state index contributed by atoms with van der Waals surface area (Å²) in [6.07, 6.45) is 0.596. The third-order valence-electron chi connectivity index (χ3n) is 2.99. The number of hydrogen-bond acceptors (Lipinski definition) is 3. The predicted molar refractivity (Wildman–Crippen MR) is 89.4 cm³/mol. The molecular formula is C16H15BrO3S. The summed E-state index contributed by atoms with van der Waals surface area (Å²) in [4.78, 5) is 11.5. The fourth-order valence-corrected chi connectivity index (χ4v) is 2.74. The van der Waals surface area contributed by atoms with E-state index in [0.29, 0.717) is 24.5 Å². The molecular weight excluding hydrogens is 352 g/mol. The molecule has 0 fully saturated rings. The summed E-state index contributed by atoms with van der Waals surface area (Å²) in [5.74, 6) is 0.00780. The number of aromatic carboxylic acids is 1. The molecule has 0 atom stereocenters. The highest BCUT2D eigenvalue weighted by Crippen LogP contribution is 2.24. The van der Waals surface area contributed by atoms with E-state index >= 15 is 0 Å². The molecule has 2 aromatic rings. The maximum Gasteiger partial charge on any atom is 0.339 e. The van der Waals surface area contributed by atoms with Gasteiger partial charge in [-0.25, -0.2) is 4.79 Å². The minimum atomic E-state index is -0.975. The van der Waals surface area contributed by atoms with Gasteiger partial charge in [0.2, 0.25) is 0 Å². The minimum absolute atomic E-state index is 0.224. The molecule has 1 N–H and O–H groups in total. The van der Waals surface area contributed by atoms with E-state index in [4.69, 9.17) is 4.74 Å². The third kappa shape index (κ3) is 4.25. The summed E-state index contributed by atoms with van der Waals surface area (Å²) in [7, 11) is 0. The molecule has 2 aromatic carbocycles. The van der Waals surface area contributed by atoms with Gasteiger partial charge in [-0.3, -0.25) is 0 Å². The fourth-order valence-electron chi connectivity index (χ4n) is 2.06. The smallest absolute Gasteiger partial charge is 0.339 e. The lowest BCUT2D eigenvalue weighted by molar-refractivity contribution is 0.0690. The first-order valence-electron chi connectivity index (χ1n) is 6.45. The average Bonchev–Trinajstić information content (AvgIpc) is 2.45. The lowest BCUT2D eigenvalue weighted by Gasteiger charge is -2.12. The normalized spacial score (nSPS) is 10.4. The van der Waals surface area contributed by atoms with Crippen molar-refractivity contribution >= 4 is 34.5 Å². The Kier molecular flexibility index (Phi) is 5.70. The van der Waals surface area contributed by atoms with Gasteiger partial charge in [0, 0.05) is 4.47 Å². The Hall–Kier alpha value is -1.46. The molecule has 2 rings (SSSR count). The molecule has 110 valence electrons. The van der Waals surface area contributed by atoms with E-state index in [1.807, 2.05) is 24.3 Å². The van der Waals surface area contributed by atoms with Crippen LogP contribution in [0.1, 0.15) is 21.5 Å². The molecule has 0 heterocycles. The Labute approximate surface area is 137 Å². The van der Waals surface area contributed by atoms with Crippen LogP contribution in [-0.2, 0) is 13.0 Å². The maximum atomic E-state index is 11.5. The monoisotopic (exact) mass is 366 g/mol. The zero-order valence-electron chi connectivity index (χ0n) is 11.3. The van der Waals surface area contributed by atoms with Crippen LogP contribution in [0.2, 0.25) is 0 Å². The highest BCUT2D eigenvalue weighted by atomic mass is 79.9. The first-order valence-corrected chi connectivity index (χ1v) is 7.87. The van der Waals surface area contributed by atoms with Crippen molar-refractivity contribution in [2.24, 2.45) is 0 Å². The summed E-state index contributed by atoms with van der Waals surface area (Å²) in [6.45, 7) is 0.323. The van der Waals surface area contributed by atoms with Crippen LogP contribution in [0, 0.1) is 0 Å². The number of carboxylic acids is 1. The van der Waals surface area contributed by atoms with Crippen molar-refractivity contribution in [3.63, 3.8) is 0 Å². The van der Waals surface area contributed by atoms with Gasteiger partial charge in [0.25, 0.3) is 0 Å². The SMILES string of the molecule is O=C(O)c1c(CCS)cccc1OCc1cccc(Br)c1. The number of hydrogen-bond donors (Lipinski definition) is 2. The molecule has 0 spiro atoms. The zero-order valence-corrected chi connectivity index (χ0v) is 13.7. The van der Waals surface area contributed by atoms with Crippen LogP contribution in [0.15, 0.2) is 46.9 Å². The second kappa shape index (κ2) is 7.52. The standard InChI is InChI=1S/C16H15BrO3S/c17-13-5-1-3-11(9-13)10-20-14-6-2-4-12(7-8-21)15(14)16(18)19/h1-6,9,21H,7-8,10H2,(H,18,19). The van der Waals surface area contributed by atoms with Crippen LogP contribution in [0.4, 0.5) is 0 Å². The van der Waals surface area contributed by atoms with Crippen LogP contribution < -0.4 is 4.74 Å². The molecule has 0 aliphatic rings. The van der Waals surface area contributed by atoms with Crippen molar-refractivity contribution in [2.45, 2.75) is 13.0 Å². The fraction of sp³-hybridized carbons (Fsp3) is 0.188. The quantitative estimate of drug-likeness (QED) is 0.753. The summed E-state index contributed by atoms with van der Waals surface area (Å²) in [5, 5.41) is 9.40. The molecule has 0 aromatic heterocycles. The van der Waals surface area contributed by atoms with Crippen LogP contribution in [0.25, 0.3) is 0 Å². The Bertz CT molecular complexity index is 643. The van der Waals surface area contributed by atoms with Crippen molar-refractivity contribution in [1.29, 1.82) is 0 Å². The van der Waals surface area contributed by atoms with Gasteiger partial charge in [-0.05, 0) is 41.5 Å². The third-order valence-corrected chi connectivity index (χ3v) is 3.71. The second-order valence-electron chi connectivity index (χ2n) is 4.49. The number of thiol groups is 1. The molecule has 0 unspecified atom stereocenters. The van der Waals surface area contributed by atoms with Gasteiger partial charge in [-0.15, -0.1) is 0 Å². The highest BCUT2D eigenvalue weighted by molar-refractivity contribution is 9.10. The van der Waals surface area contributed by atoms with E-state index in [2.05, 4.69) is 28.6 Å². The Morgan fingerprint density at radius 1 is 1.24 bits per heavy atom. The maximum absolute atomic E-state index is 11.5. The molecule has 0 saturated carbocycles. The molecule has 0 aliphatic carbocycles. The van der Waals surface area contributed by atoms with Crippen LogP contribution in [0.5, 0.6) is 5.75 Å². The molecule has 3 nitrogen and oxygen atoms in total. The van der Waals surface area contributed by atoms with Gasteiger partial charge in [0.05, 0.1) is 0 Å². The molecule has 0 radical (unpaired) electrons. The van der Waals surface area contributed by atoms with Gasteiger partial charge >= 0.3 is 5.97 Å². The van der Waals surface area contributed by atoms with Crippen LogP contribution >= 0.6 is 28.6 Å². The molecule has 5 heteroatoms. The van der Waals surface area contributed by atoms with Crippen molar-refractivity contribution in [3.8, 4) is 5.75 Å². The average molecular weight is 367 g/mol. The largest absolute Gasteiger partial charge is 0.488 e. The number of aryl methyl sites for hydroxylation is 1. The first-order chi connectivity index (χ1) is 10.1. The van der Waals surface area contributed by atoms with Crippen LogP contribution in [-0.4, -0.2) is 16.8 Å². The van der Waals surface area contributed by atoms with Gasteiger partial charge in [0.15, 0.2) is 0 Å². The minimum Gasteiger partial charge on any atom is -0.488 e. The number of carboxylic acid groups (broad SMARTS) is 1. The van der Waals surface area contributed by atoms with E-state index in [1.54, 1.807) is 18.2 Å². The van der Waals surface area contributed by atoms with Crippen LogP contribution in [0.3, 0.4) is 0 Å². The van der Waals surface area contributed by atoms with Crippen molar-refractivity contribution < 1.29 is 14.6 Å². The Morgan fingerprint density at radius 3 is 2.67 bits per heavy atom. The molecule has 0 aliphatic heterocycles. The Morgan fingerprint density at radius 2 is 2.00 bits per heavy atom. The molecule has 0 saturated heterocycles. The number of carbonyl (C=O) groups is 1. The summed E-state index contributed by atoms with van der Waals surface area (Å²) in [5.41, 5.74) is 1.94. The zero-order chi connectivity index (χ0) is 15.2. The molecule has 21 heavy (non-hydrogen) atoms. The van der Waals surface area contributed by atoms with E-state index in [0.717, 1.165) is 15.6 Å². The predicted octanol–water partition coefficient (Wildman–Crippen LogP) is 4.20. The Balaban J connectivity index is 2.23. The van der Waals surface area contributed by atoms with E-state index in [9.17, 15) is 9.90 Å². The lowest BCUT2D eigenvalue weighted by atomic mass is 10.0. The summed E-state index contributed by atoms with van der Waals surface area (Å²) >= 11 is 7.56. The summed E-state index contributed by atoms with van der Waals surface area (Å²) in [6, 6.07) is 13.0. The molecule has 0 amide bonds. The molecule has 0 bridgehead atoms. The lowest BCUT2D eigenvalue weighted by Crippen LogP contribution is -2.07. The first kappa shape index (κ1) is 15.9. The van der Waals surface area contributed by atoms with E-state index < -0.39 is 5.97 Å². The van der Waals surface area contributed by atoms with Gasteiger partial charge < -0.3 is 9.84 Å². The van der Waals surface area contributed by atoms with Crippen molar-refractivity contribution in [2.75, 3.05) is 5.75 Å². The highest BCUT2D eigenvalue weighted by Gasteiger charge is 2.16. The van der Waals surface area contributed by atoms with E-state index in [1.165, 1.54) is 0 Å². The van der Waals surface area contributed by atoms with Crippen molar-refractivity contribution in [3.05, 3.63) is 63.6 Å². The van der Waals surface area contributed by atoms with Crippen molar-refractivity contribution in [1.82, 2.24) is 0 Å².